The van der Waals surface area contributed by atoms with Crippen LogP contribution in [0.4, 0.5) is 0 Å². The van der Waals surface area contributed by atoms with Gasteiger partial charge in [-0.15, -0.1) is 5.10 Å². The highest BCUT2D eigenvalue weighted by atomic mass is 16.2. The highest BCUT2D eigenvalue weighted by Crippen LogP contribution is 2.16. The summed E-state index contributed by atoms with van der Waals surface area (Å²) in [5, 5.41) is 11.0. The quantitative estimate of drug-likeness (QED) is 0.875. The maximum Gasteiger partial charge on any atom is 0.253 e. The van der Waals surface area contributed by atoms with Gasteiger partial charge in [-0.25, -0.2) is 4.68 Å². The van der Waals surface area contributed by atoms with Gasteiger partial charge in [0.2, 0.25) is 0 Å². The maximum atomic E-state index is 12.4. The molecule has 7 nitrogen and oxygen atoms in total. The van der Waals surface area contributed by atoms with Crippen molar-refractivity contribution in [2.75, 3.05) is 20.1 Å². The van der Waals surface area contributed by atoms with Gasteiger partial charge in [0.25, 0.3) is 5.91 Å². The van der Waals surface area contributed by atoms with Gasteiger partial charge in [0.15, 0.2) is 0 Å². The van der Waals surface area contributed by atoms with E-state index in [0.29, 0.717) is 18.7 Å². The first-order valence-electron chi connectivity index (χ1n) is 6.72. The summed E-state index contributed by atoms with van der Waals surface area (Å²) in [6.07, 6.45) is 1.51. The Labute approximate surface area is 123 Å². The van der Waals surface area contributed by atoms with E-state index >= 15 is 0 Å². The van der Waals surface area contributed by atoms with E-state index in [4.69, 9.17) is 5.73 Å². The number of nitrogens with two attached hydrogens (primary N) is 1. The van der Waals surface area contributed by atoms with Crippen molar-refractivity contribution in [1.82, 2.24) is 25.1 Å². The Morgan fingerprint density at radius 1 is 1.33 bits per heavy atom. The summed E-state index contributed by atoms with van der Waals surface area (Å²) in [5.74, 6) is -0.0280. The zero-order valence-electron chi connectivity index (χ0n) is 12.5. The number of benzene rings is 1. The first-order chi connectivity index (χ1) is 9.93. The van der Waals surface area contributed by atoms with Crippen molar-refractivity contribution in [1.29, 1.82) is 0 Å². The number of nitrogens with zero attached hydrogens (tertiary/aromatic N) is 5. The molecular formula is C14H20N6O. The standard InChI is InChI=1S/C14H20N6O/c1-14(2,8-15)9-19(3)13(21)11-4-6-12(7-5-11)20-10-16-17-18-20/h4-7,10H,8-9,15H2,1-3H3. The Morgan fingerprint density at radius 3 is 2.52 bits per heavy atom. The summed E-state index contributed by atoms with van der Waals surface area (Å²) >= 11 is 0. The molecule has 0 aliphatic rings. The molecule has 1 heterocycles. The molecule has 0 atom stereocenters. The van der Waals surface area contributed by atoms with E-state index in [1.54, 1.807) is 24.1 Å². The molecule has 2 rings (SSSR count). The Balaban J connectivity index is 2.09. The van der Waals surface area contributed by atoms with Crippen LogP contribution in [0.5, 0.6) is 0 Å². The average molecular weight is 288 g/mol. The number of rotatable bonds is 5. The van der Waals surface area contributed by atoms with Crippen LogP contribution in [0.3, 0.4) is 0 Å². The molecule has 0 unspecified atom stereocenters. The summed E-state index contributed by atoms with van der Waals surface area (Å²) in [6.45, 7) is 5.22. The monoisotopic (exact) mass is 288 g/mol. The van der Waals surface area contributed by atoms with Gasteiger partial charge in [-0.05, 0) is 46.7 Å². The van der Waals surface area contributed by atoms with Gasteiger partial charge in [0, 0.05) is 19.2 Å². The first-order valence-corrected chi connectivity index (χ1v) is 6.72. The number of amides is 1. The predicted octanol–water partition coefficient (Wildman–Crippen LogP) is 0.719. The molecule has 2 N–H and O–H groups in total. The second-order valence-corrected chi connectivity index (χ2v) is 5.83. The van der Waals surface area contributed by atoms with E-state index in [-0.39, 0.29) is 11.3 Å². The number of aromatic nitrogens is 4. The minimum atomic E-state index is -0.100. The van der Waals surface area contributed by atoms with Crippen LogP contribution >= 0.6 is 0 Å². The van der Waals surface area contributed by atoms with Crippen LogP contribution in [0.1, 0.15) is 24.2 Å². The van der Waals surface area contributed by atoms with Crippen molar-refractivity contribution in [2.45, 2.75) is 13.8 Å². The third-order valence-corrected chi connectivity index (χ3v) is 3.29. The fraction of sp³-hybridized carbons (Fsp3) is 0.429. The molecule has 0 aliphatic heterocycles. The van der Waals surface area contributed by atoms with Crippen LogP contribution < -0.4 is 5.73 Å². The molecule has 0 aliphatic carbocycles. The third-order valence-electron chi connectivity index (χ3n) is 3.29. The molecule has 1 aromatic carbocycles. The Kier molecular flexibility index (Phi) is 4.32. The number of hydrogen-bond donors (Lipinski definition) is 1. The molecule has 1 aromatic heterocycles. The Morgan fingerprint density at radius 2 is 2.00 bits per heavy atom. The Bertz CT molecular complexity index is 590. The molecule has 0 radical (unpaired) electrons. The van der Waals surface area contributed by atoms with Gasteiger partial charge in [-0.2, -0.15) is 0 Å². The zero-order chi connectivity index (χ0) is 15.5. The van der Waals surface area contributed by atoms with Gasteiger partial charge in [0.1, 0.15) is 6.33 Å². The summed E-state index contributed by atoms with van der Waals surface area (Å²) in [6, 6.07) is 7.16. The number of tetrazole rings is 1. The van der Waals surface area contributed by atoms with E-state index < -0.39 is 0 Å². The van der Waals surface area contributed by atoms with Crippen molar-refractivity contribution in [3.05, 3.63) is 36.2 Å². The van der Waals surface area contributed by atoms with Crippen molar-refractivity contribution in [2.24, 2.45) is 11.1 Å². The largest absolute Gasteiger partial charge is 0.341 e. The topological polar surface area (TPSA) is 89.9 Å². The van der Waals surface area contributed by atoms with Gasteiger partial charge >= 0.3 is 0 Å². The molecule has 0 saturated heterocycles. The van der Waals surface area contributed by atoms with Gasteiger partial charge < -0.3 is 10.6 Å². The SMILES string of the molecule is CN(CC(C)(C)CN)C(=O)c1ccc(-n2cnnn2)cc1. The fourth-order valence-corrected chi connectivity index (χ4v) is 2.04. The number of hydrogen-bond acceptors (Lipinski definition) is 5. The van der Waals surface area contributed by atoms with E-state index in [0.717, 1.165) is 5.69 Å². The van der Waals surface area contributed by atoms with Crippen LogP contribution in [0.15, 0.2) is 30.6 Å². The van der Waals surface area contributed by atoms with Crippen molar-refractivity contribution in [3.8, 4) is 5.69 Å². The molecule has 0 bridgehead atoms. The van der Waals surface area contributed by atoms with Crippen LogP contribution in [-0.2, 0) is 0 Å². The van der Waals surface area contributed by atoms with Crippen LogP contribution in [0.2, 0.25) is 0 Å². The lowest BCUT2D eigenvalue weighted by molar-refractivity contribution is 0.0740. The highest BCUT2D eigenvalue weighted by Gasteiger charge is 2.21. The normalized spacial score (nSPS) is 11.4. The van der Waals surface area contributed by atoms with E-state index in [1.807, 2.05) is 26.0 Å². The molecule has 0 fully saturated rings. The van der Waals surface area contributed by atoms with E-state index in [9.17, 15) is 4.79 Å². The molecule has 0 spiro atoms. The molecule has 0 saturated carbocycles. The van der Waals surface area contributed by atoms with E-state index in [1.165, 1.54) is 11.0 Å². The molecule has 7 heteroatoms. The van der Waals surface area contributed by atoms with Gasteiger partial charge in [-0.3, -0.25) is 4.79 Å². The lowest BCUT2D eigenvalue weighted by Gasteiger charge is -2.29. The Hall–Kier alpha value is -2.28. The second kappa shape index (κ2) is 6.01. The minimum absolute atomic E-state index is 0.0280. The number of carbonyl (C=O) groups is 1. The van der Waals surface area contributed by atoms with Crippen LogP contribution in [0.25, 0.3) is 5.69 Å². The zero-order valence-corrected chi connectivity index (χ0v) is 12.5. The molecular weight excluding hydrogens is 268 g/mol. The molecule has 2 aromatic rings. The van der Waals surface area contributed by atoms with Crippen LogP contribution in [-0.4, -0.2) is 51.2 Å². The molecule has 112 valence electrons. The lowest BCUT2D eigenvalue weighted by atomic mass is 9.93. The summed E-state index contributed by atoms with van der Waals surface area (Å²) in [7, 11) is 1.79. The minimum Gasteiger partial charge on any atom is -0.341 e. The van der Waals surface area contributed by atoms with Gasteiger partial charge in [-0.1, -0.05) is 13.8 Å². The summed E-state index contributed by atoms with van der Waals surface area (Å²) < 4.78 is 1.54. The van der Waals surface area contributed by atoms with Crippen LogP contribution in [0, 0.1) is 5.41 Å². The van der Waals surface area contributed by atoms with E-state index in [2.05, 4.69) is 15.5 Å². The lowest BCUT2D eigenvalue weighted by Crippen LogP contribution is -2.39. The average Bonchev–Trinajstić information content (AvgIpc) is 3.00. The summed E-state index contributed by atoms with van der Waals surface area (Å²) in [4.78, 5) is 14.1. The van der Waals surface area contributed by atoms with Gasteiger partial charge in [0.05, 0.1) is 5.69 Å². The fourth-order valence-electron chi connectivity index (χ4n) is 2.04. The molecule has 1 amide bonds. The second-order valence-electron chi connectivity index (χ2n) is 5.83. The first kappa shape index (κ1) is 15.1. The third kappa shape index (κ3) is 3.63. The highest BCUT2D eigenvalue weighted by molar-refractivity contribution is 5.94. The number of carbonyl (C=O) groups excluding carboxylic acids is 1. The van der Waals surface area contributed by atoms with Crippen molar-refractivity contribution >= 4 is 5.91 Å². The predicted molar refractivity (Wildman–Crippen MR) is 78.9 cm³/mol. The smallest absolute Gasteiger partial charge is 0.253 e. The summed E-state index contributed by atoms with van der Waals surface area (Å²) in [5.41, 5.74) is 7.04. The molecule has 21 heavy (non-hydrogen) atoms. The maximum absolute atomic E-state index is 12.4. The van der Waals surface area contributed by atoms with Crippen molar-refractivity contribution in [3.63, 3.8) is 0 Å². The van der Waals surface area contributed by atoms with Crippen molar-refractivity contribution < 1.29 is 4.79 Å².